The number of hydrogen-bond acceptors (Lipinski definition) is 5. The summed E-state index contributed by atoms with van der Waals surface area (Å²) in [5, 5.41) is 16.3. The Labute approximate surface area is 239 Å². The molecule has 210 valence electrons. The first-order valence-electron chi connectivity index (χ1n) is 13.2. The molecule has 3 heterocycles. The second-order valence-electron chi connectivity index (χ2n) is 10.2. The molecule has 1 N–H and O–H groups in total. The summed E-state index contributed by atoms with van der Waals surface area (Å²) in [7, 11) is 0. The topological polar surface area (TPSA) is 111 Å². The van der Waals surface area contributed by atoms with Crippen molar-refractivity contribution in [2.24, 2.45) is 0 Å². The third-order valence-corrected chi connectivity index (χ3v) is 7.71. The van der Waals surface area contributed by atoms with E-state index in [2.05, 4.69) is 10.4 Å². The lowest BCUT2D eigenvalue weighted by Crippen LogP contribution is -2.51. The molecule has 9 nitrogen and oxygen atoms in total. The molecule has 2 aliphatic heterocycles. The number of benzene rings is 3. The van der Waals surface area contributed by atoms with Crippen LogP contribution in [-0.2, 0) is 10.7 Å². The van der Waals surface area contributed by atoms with Gasteiger partial charge in [0.1, 0.15) is 5.69 Å². The summed E-state index contributed by atoms with van der Waals surface area (Å²) in [6.45, 7) is 1.91. The van der Waals surface area contributed by atoms with Gasteiger partial charge in [-0.3, -0.25) is 24.0 Å². The summed E-state index contributed by atoms with van der Waals surface area (Å²) in [4.78, 5) is 42.8. The van der Waals surface area contributed by atoms with E-state index in [0.717, 1.165) is 0 Å². The lowest BCUT2D eigenvalue weighted by molar-refractivity contribution is -0.127. The Morgan fingerprint density at radius 2 is 1.67 bits per heavy atom. The van der Waals surface area contributed by atoms with E-state index in [4.69, 9.17) is 0 Å². The molecule has 0 unspecified atom stereocenters. The number of likely N-dealkylation sites (tertiary alicyclic amines) is 1. The number of aromatic nitrogens is 2. The first kappa shape index (κ1) is 26.8. The number of nitrogens with one attached hydrogen (secondary N) is 1. The van der Waals surface area contributed by atoms with Gasteiger partial charge in [0.2, 0.25) is 5.91 Å². The van der Waals surface area contributed by atoms with E-state index in [1.165, 1.54) is 65.2 Å². The quantitative estimate of drug-likeness (QED) is 0.380. The minimum Gasteiger partial charge on any atom is -0.339 e. The van der Waals surface area contributed by atoms with Gasteiger partial charge in [0, 0.05) is 42.5 Å². The predicted octanol–water partition coefficient (Wildman–Crippen LogP) is 4.58. The van der Waals surface area contributed by atoms with Crippen LogP contribution < -0.4 is 10.2 Å². The predicted molar refractivity (Wildman–Crippen MR) is 149 cm³/mol. The average molecular weight is 567 g/mol. The van der Waals surface area contributed by atoms with Gasteiger partial charge in [0.05, 0.1) is 35.5 Å². The number of halogens is 2. The van der Waals surface area contributed by atoms with E-state index in [-0.39, 0.29) is 41.4 Å². The fraction of sp³-hybridized carbons (Fsp3) is 0.194. The smallest absolute Gasteiger partial charge is 0.298 e. The molecule has 4 aromatic rings. The Kier molecular flexibility index (Phi) is 6.54. The van der Waals surface area contributed by atoms with Crippen molar-refractivity contribution in [2.45, 2.75) is 24.9 Å². The Morgan fingerprint density at radius 1 is 0.976 bits per heavy atom. The lowest BCUT2D eigenvalue weighted by Gasteiger charge is -2.37. The second kappa shape index (κ2) is 10.2. The summed E-state index contributed by atoms with van der Waals surface area (Å²) in [6, 6.07) is 20.3. The highest BCUT2D eigenvalue weighted by atomic mass is 19.3. The summed E-state index contributed by atoms with van der Waals surface area (Å²) in [5.74, 6) is -4.58. The Morgan fingerprint density at radius 3 is 2.36 bits per heavy atom. The van der Waals surface area contributed by atoms with E-state index >= 15 is 8.78 Å². The number of anilines is 2. The molecule has 1 fully saturated rings. The average Bonchev–Trinajstić information content (AvgIpc) is 3.64. The fourth-order valence-corrected chi connectivity index (χ4v) is 5.60. The number of nitrogens with zero attached hydrogens (tertiary/aromatic N) is 5. The van der Waals surface area contributed by atoms with Crippen LogP contribution in [0.5, 0.6) is 0 Å². The number of hydrogen-bond donors (Lipinski definition) is 1. The van der Waals surface area contributed by atoms with Gasteiger partial charge in [0.15, 0.2) is 0 Å². The van der Waals surface area contributed by atoms with Crippen molar-refractivity contribution in [3.8, 4) is 6.07 Å². The van der Waals surface area contributed by atoms with Crippen LogP contribution in [0, 0.1) is 11.3 Å². The third kappa shape index (κ3) is 4.47. The highest BCUT2D eigenvalue weighted by molar-refractivity contribution is 6.16. The van der Waals surface area contributed by atoms with Crippen molar-refractivity contribution in [3.05, 3.63) is 113 Å². The zero-order chi connectivity index (χ0) is 29.6. The van der Waals surface area contributed by atoms with Crippen LogP contribution in [-0.4, -0.2) is 51.5 Å². The number of carbonyl (C=O) groups excluding carboxylic acids is 3. The SMILES string of the molecule is CC(=O)N1C[C@@H]2[C@H](C1)N(c1ccc(C(F)(F)c3ccccc3)cc1)C(=O)c1c(C(=O)Nc3cccc(C#N)c3)cnn12. The van der Waals surface area contributed by atoms with Crippen molar-refractivity contribution in [1.29, 1.82) is 5.26 Å². The van der Waals surface area contributed by atoms with E-state index in [1.54, 1.807) is 41.3 Å². The van der Waals surface area contributed by atoms with Crippen LogP contribution in [0.4, 0.5) is 20.2 Å². The maximum Gasteiger partial charge on any atom is 0.298 e. The maximum absolute atomic E-state index is 15.2. The van der Waals surface area contributed by atoms with Gasteiger partial charge in [-0.25, -0.2) is 0 Å². The molecule has 0 radical (unpaired) electrons. The molecule has 42 heavy (non-hydrogen) atoms. The Hall–Kier alpha value is -5.37. The maximum atomic E-state index is 15.2. The Bertz CT molecular complexity index is 1750. The van der Waals surface area contributed by atoms with Crippen molar-refractivity contribution in [3.63, 3.8) is 0 Å². The molecule has 0 spiro atoms. The number of amides is 3. The third-order valence-electron chi connectivity index (χ3n) is 7.71. The molecule has 3 aromatic carbocycles. The minimum absolute atomic E-state index is 0.0133. The molecule has 1 aromatic heterocycles. The number of fused-ring (bicyclic) bond motifs is 3. The van der Waals surface area contributed by atoms with Gasteiger partial charge in [0.25, 0.3) is 17.7 Å². The molecule has 0 bridgehead atoms. The number of rotatable bonds is 5. The zero-order valence-corrected chi connectivity index (χ0v) is 22.4. The van der Waals surface area contributed by atoms with Crippen LogP contribution in [0.1, 0.15) is 50.5 Å². The summed E-state index contributed by atoms with van der Waals surface area (Å²) < 4.78 is 31.9. The standard InChI is InChI=1S/C31H24F2N6O3/c1-19(40)37-17-26-27(18-37)39-28(25(16-35-39)29(41)36-23-9-5-6-20(14-23)15-34)30(42)38(26)24-12-10-22(11-13-24)31(32,33)21-7-3-2-4-8-21/h2-14,16,26-27H,17-18H2,1H3,(H,36,41)/t26-,27+/m0/s1. The highest BCUT2D eigenvalue weighted by Crippen LogP contribution is 2.40. The van der Waals surface area contributed by atoms with E-state index in [1.807, 2.05) is 6.07 Å². The van der Waals surface area contributed by atoms with Gasteiger partial charge in [-0.05, 0) is 30.3 Å². The minimum atomic E-state index is -3.25. The molecule has 3 amide bonds. The molecule has 0 aliphatic carbocycles. The van der Waals surface area contributed by atoms with Gasteiger partial charge in [-0.15, -0.1) is 0 Å². The summed E-state index contributed by atoms with van der Waals surface area (Å²) in [6.07, 6.45) is 1.30. The zero-order valence-electron chi connectivity index (χ0n) is 22.4. The second-order valence-corrected chi connectivity index (χ2v) is 10.2. The van der Waals surface area contributed by atoms with Gasteiger partial charge < -0.3 is 10.2 Å². The van der Waals surface area contributed by atoms with Crippen molar-refractivity contribution < 1.29 is 23.2 Å². The first-order chi connectivity index (χ1) is 20.2. The summed E-state index contributed by atoms with van der Waals surface area (Å²) in [5.41, 5.74) is 0.726. The number of nitriles is 1. The molecule has 11 heteroatoms. The molecule has 6 rings (SSSR count). The van der Waals surface area contributed by atoms with Crippen LogP contribution in [0.2, 0.25) is 0 Å². The Balaban J connectivity index is 1.37. The normalized spacial score (nSPS) is 17.8. The van der Waals surface area contributed by atoms with Gasteiger partial charge >= 0.3 is 0 Å². The van der Waals surface area contributed by atoms with Crippen molar-refractivity contribution in [1.82, 2.24) is 14.7 Å². The molecular weight excluding hydrogens is 542 g/mol. The van der Waals surface area contributed by atoms with Crippen LogP contribution >= 0.6 is 0 Å². The molecule has 0 saturated carbocycles. The van der Waals surface area contributed by atoms with Crippen molar-refractivity contribution in [2.75, 3.05) is 23.3 Å². The van der Waals surface area contributed by atoms with Gasteiger partial charge in [-0.2, -0.15) is 19.1 Å². The van der Waals surface area contributed by atoms with E-state index in [9.17, 15) is 19.6 Å². The van der Waals surface area contributed by atoms with E-state index < -0.39 is 29.8 Å². The largest absolute Gasteiger partial charge is 0.339 e. The monoisotopic (exact) mass is 566 g/mol. The van der Waals surface area contributed by atoms with Crippen LogP contribution in [0.3, 0.4) is 0 Å². The fourth-order valence-electron chi connectivity index (χ4n) is 5.60. The number of carbonyl (C=O) groups is 3. The lowest BCUT2D eigenvalue weighted by atomic mass is 9.98. The highest BCUT2D eigenvalue weighted by Gasteiger charge is 2.49. The van der Waals surface area contributed by atoms with E-state index in [0.29, 0.717) is 16.9 Å². The van der Waals surface area contributed by atoms with Crippen LogP contribution in [0.15, 0.2) is 85.1 Å². The summed E-state index contributed by atoms with van der Waals surface area (Å²) >= 11 is 0. The van der Waals surface area contributed by atoms with Crippen molar-refractivity contribution >= 4 is 29.1 Å². The molecule has 1 saturated heterocycles. The molecule has 2 atom stereocenters. The van der Waals surface area contributed by atoms with Gasteiger partial charge in [-0.1, -0.05) is 48.5 Å². The molecule has 2 aliphatic rings. The number of alkyl halides is 2. The van der Waals surface area contributed by atoms with Crippen LogP contribution in [0.25, 0.3) is 0 Å². The first-order valence-corrected chi connectivity index (χ1v) is 13.2. The molecular formula is C31H24F2N6O3.